The first kappa shape index (κ1) is 19.2. The molecule has 0 saturated heterocycles. The Kier molecular flexibility index (Phi) is 6.68. The van der Waals surface area contributed by atoms with Crippen LogP contribution in [-0.4, -0.2) is 39.4 Å². The number of nitrogens with one attached hydrogen (secondary N) is 2. The second-order valence-electron chi connectivity index (χ2n) is 6.15. The van der Waals surface area contributed by atoms with Gasteiger partial charge in [-0.1, -0.05) is 13.8 Å². The largest absolute Gasteiger partial charge is 0.492 e. The molecule has 144 valence electrons. The highest BCUT2D eigenvalue weighted by Crippen LogP contribution is 2.25. The zero-order valence-electron chi connectivity index (χ0n) is 15.8. The summed E-state index contributed by atoms with van der Waals surface area (Å²) in [4.78, 5) is 12.9. The maximum Gasteiger partial charge on any atom is 0.200 e. The molecule has 1 heterocycles. The van der Waals surface area contributed by atoms with Gasteiger partial charge < -0.3 is 24.5 Å². The quantitative estimate of drug-likeness (QED) is 0.422. The third-order valence-corrected chi connectivity index (χ3v) is 4.21. The van der Waals surface area contributed by atoms with Gasteiger partial charge in [0, 0.05) is 13.1 Å². The predicted molar refractivity (Wildman–Crippen MR) is 108 cm³/mol. The van der Waals surface area contributed by atoms with Crippen LogP contribution in [0, 0.1) is 0 Å². The Morgan fingerprint density at radius 1 is 0.815 bits per heavy atom. The molecule has 2 aromatic carbocycles. The number of rotatable bonds is 10. The van der Waals surface area contributed by atoms with Gasteiger partial charge in [0.1, 0.15) is 35.9 Å². The summed E-state index contributed by atoms with van der Waals surface area (Å²) < 4.78 is 17.3. The van der Waals surface area contributed by atoms with Crippen LogP contribution in [0.15, 0.2) is 45.6 Å². The fourth-order valence-corrected chi connectivity index (χ4v) is 2.83. The molecule has 3 rings (SSSR count). The Labute approximate surface area is 158 Å². The van der Waals surface area contributed by atoms with E-state index in [1.165, 1.54) is 0 Å². The lowest BCUT2D eigenvalue weighted by Gasteiger charge is -2.09. The topological polar surface area (TPSA) is 72.7 Å². The zero-order valence-corrected chi connectivity index (χ0v) is 15.8. The summed E-state index contributed by atoms with van der Waals surface area (Å²) in [5, 5.41) is 7.41. The standard InChI is InChI=1S/C21H26N2O4/c1-3-22-9-11-25-15-5-7-19-17(13-15)21(24)18-14-16(6-8-20(18)27-19)26-12-10-23-4-2/h5-8,13-14,22-23H,3-4,9-12H2,1-2H3. The fourth-order valence-electron chi connectivity index (χ4n) is 2.83. The predicted octanol–water partition coefficient (Wildman–Crippen LogP) is 2.92. The molecule has 0 aliphatic carbocycles. The van der Waals surface area contributed by atoms with E-state index in [9.17, 15) is 4.79 Å². The van der Waals surface area contributed by atoms with Gasteiger partial charge in [0.05, 0.1) is 10.8 Å². The van der Waals surface area contributed by atoms with Crippen LogP contribution in [0.4, 0.5) is 0 Å². The van der Waals surface area contributed by atoms with Gasteiger partial charge in [-0.15, -0.1) is 0 Å². The lowest BCUT2D eigenvalue weighted by atomic mass is 10.1. The normalized spacial score (nSPS) is 11.2. The van der Waals surface area contributed by atoms with E-state index in [1.54, 1.807) is 24.3 Å². The van der Waals surface area contributed by atoms with Crippen molar-refractivity contribution >= 4 is 21.9 Å². The second kappa shape index (κ2) is 9.39. The van der Waals surface area contributed by atoms with Crippen LogP contribution in [0.1, 0.15) is 13.8 Å². The molecule has 0 aliphatic rings. The minimum Gasteiger partial charge on any atom is -0.492 e. The van der Waals surface area contributed by atoms with E-state index in [0.29, 0.717) is 46.7 Å². The maximum atomic E-state index is 12.9. The smallest absolute Gasteiger partial charge is 0.200 e. The van der Waals surface area contributed by atoms with Crippen LogP contribution in [-0.2, 0) is 0 Å². The third-order valence-electron chi connectivity index (χ3n) is 4.21. The first-order valence-electron chi connectivity index (χ1n) is 9.40. The molecule has 0 aliphatic heterocycles. The Bertz CT molecular complexity index is 879. The highest BCUT2D eigenvalue weighted by molar-refractivity contribution is 5.90. The minimum atomic E-state index is -0.0829. The average molecular weight is 370 g/mol. The number of ether oxygens (including phenoxy) is 2. The van der Waals surface area contributed by atoms with E-state index in [2.05, 4.69) is 10.6 Å². The Morgan fingerprint density at radius 2 is 1.30 bits per heavy atom. The SMILES string of the molecule is CCNCCOc1ccc2oc3ccc(OCCNCC)cc3c(=O)c2c1. The summed E-state index contributed by atoms with van der Waals surface area (Å²) in [5.74, 6) is 1.31. The molecule has 6 heteroatoms. The lowest BCUT2D eigenvalue weighted by Crippen LogP contribution is -2.20. The van der Waals surface area contributed by atoms with E-state index in [1.807, 2.05) is 26.0 Å². The highest BCUT2D eigenvalue weighted by atomic mass is 16.5. The van der Waals surface area contributed by atoms with Crippen molar-refractivity contribution in [2.45, 2.75) is 13.8 Å². The molecule has 3 aromatic rings. The lowest BCUT2D eigenvalue weighted by molar-refractivity contribution is 0.315. The van der Waals surface area contributed by atoms with Crippen molar-refractivity contribution in [1.82, 2.24) is 10.6 Å². The summed E-state index contributed by atoms with van der Waals surface area (Å²) in [7, 11) is 0. The third kappa shape index (κ3) is 4.78. The van der Waals surface area contributed by atoms with Crippen molar-refractivity contribution in [3.8, 4) is 11.5 Å². The second-order valence-corrected chi connectivity index (χ2v) is 6.15. The number of fused-ring (bicyclic) bond motifs is 2. The van der Waals surface area contributed by atoms with Crippen LogP contribution in [0.2, 0.25) is 0 Å². The van der Waals surface area contributed by atoms with E-state index in [0.717, 1.165) is 26.2 Å². The fraction of sp³-hybridized carbons (Fsp3) is 0.381. The number of benzene rings is 2. The van der Waals surface area contributed by atoms with Gasteiger partial charge in [-0.25, -0.2) is 0 Å². The van der Waals surface area contributed by atoms with E-state index < -0.39 is 0 Å². The average Bonchev–Trinajstić information content (AvgIpc) is 2.69. The van der Waals surface area contributed by atoms with E-state index in [-0.39, 0.29) is 5.43 Å². The number of hydrogen-bond acceptors (Lipinski definition) is 6. The molecule has 2 N–H and O–H groups in total. The van der Waals surface area contributed by atoms with Gasteiger partial charge in [-0.05, 0) is 49.5 Å². The molecule has 0 bridgehead atoms. The molecule has 27 heavy (non-hydrogen) atoms. The first-order valence-corrected chi connectivity index (χ1v) is 9.40. The monoisotopic (exact) mass is 370 g/mol. The highest BCUT2D eigenvalue weighted by Gasteiger charge is 2.10. The van der Waals surface area contributed by atoms with Crippen LogP contribution in [0.25, 0.3) is 21.9 Å². The zero-order chi connectivity index (χ0) is 19.1. The van der Waals surface area contributed by atoms with Gasteiger partial charge in [0.15, 0.2) is 0 Å². The van der Waals surface area contributed by atoms with Crippen LogP contribution in [0.5, 0.6) is 11.5 Å². The molecule has 0 atom stereocenters. The van der Waals surface area contributed by atoms with Gasteiger partial charge in [-0.3, -0.25) is 4.79 Å². The summed E-state index contributed by atoms with van der Waals surface area (Å²) in [6.07, 6.45) is 0. The van der Waals surface area contributed by atoms with E-state index >= 15 is 0 Å². The summed E-state index contributed by atoms with van der Waals surface area (Å²) in [5.41, 5.74) is 1.01. The molecule has 0 unspecified atom stereocenters. The number of hydrogen-bond donors (Lipinski definition) is 2. The van der Waals surface area contributed by atoms with Crippen molar-refractivity contribution in [2.75, 3.05) is 39.4 Å². The molecular formula is C21H26N2O4. The molecule has 0 fully saturated rings. The molecule has 6 nitrogen and oxygen atoms in total. The van der Waals surface area contributed by atoms with Crippen molar-refractivity contribution in [3.63, 3.8) is 0 Å². The first-order chi connectivity index (χ1) is 13.2. The summed E-state index contributed by atoms with van der Waals surface area (Å²) in [6, 6.07) is 10.7. The molecule has 0 spiro atoms. The molecular weight excluding hydrogens is 344 g/mol. The van der Waals surface area contributed by atoms with Crippen LogP contribution < -0.4 is 25.5 Å². The molecule has 0 radical (unpaired) electrons. The van der Waals surface area contributed by atoms with Gasteiger partial charge in [0.25, 0.3) is 0 Å². The molecule has 0 amide bonds. The Hall–Kier alpha value is -2.57. The molecule has 1 aromatic heterocycles. The minimum absolute atomic E-state index is 0.0829. The van der Waals surface area contributed by atoms with Crippen molar-refractivity contribution in [3.05, 3.63) is 46.6 Å². The Morgan fingerprint density at radius 3 is 1.74 bits per heavy atom. The van der Waals surface area contributed by atoms with Crippen LogP contribution in [0.3, 0.4) is 0 Å². The van der Waals surface area contributed by atoms with Crippen molar-refractivity contribution in [2.24, 2.45) is 0 Å². The Balaban J connectivity index is 1.86. The molecule has 0 saturated carbocycles. The van der Waals surface area contributed by atoms with Crippen molar-refractivity contribution in [1.29, 1.82) is 0 Å². The van der Waals surface area contributed by atoms with Crippen LogP contribution >= 0.6 is 0 Å². The van der Waals surface area contributed by atoms with Gasteiger partial charge in [-0.2, -0.15) is 0 Å². The van der Waals surface area contributed by atoms with Gasteiger partial charge in [0.2, 0.25) is 5.43 Å². The summed E-state index contributed by atoms with van der Waals surface area (Å²) in [6.45, 7) is 8.49. The summed E-state index contributed by atoms with van der Waals surface area (Å²) >= 11 is 0. The number of likely N-dealkylation sites (N-methyl/N-ethyl adjacent to an activating group) is 2. The van der Waals surface area contributed by atoms with Crippen molar-refractivity contribution < 1.29 is 13.9 Å². The maximum absolute atomic E-state index is 12.9. The van der Waals surface area contributed by atoms with Gasteiger partial charge >= 0.3 is 0 Å². The van der Waals surface area contributed by atoms with E-state index in [4.69, 9.17) is 13.9 Å².